The summed E-state index contributed by atoms with van der Waals surface area (Å²) in [6.07, 6.45) is 3.46. The average molecular weight is 470 g/mol. The number of hydrogen-bond donors (Lipinski definition) is 1. The lowest BCUT2D eigenvalue weighted by Gasteiger charge is -2.38. The Balaban J connectivity index is 1.24. The number of fused-ring (bicyclic) bond motifs is 2. The van der Waals surface area contributed by atoms with Crippen molar-refractivity contribution in [2.24, 2.45) is 0 Å². The lowest BCUT2D eigenvalue weighted by Crippen LogP contribution is -2.48. The second-order valence-corrected chi connectivity index (χ2v) is 9.83. The highest BCUT2D eigenvalue weighted by Crippen LogP contribution is 2.34. The van der Waals surface area contributed by atoms with Gasteiger partial charge in [-0.2, -0.15) is 5.10 Å². The minimum absolute atomic E-state index is 0.611. The van der Waals surface area contributed by atoms with Crippen LogP contribution in [-0.4, -0.2) is 56.7 Å². The van der Waals surface area contributed by atoms with Gasteiger partial charge in [-0.3, -0.25) is 4.90 Å². The lowest BCUT2D eigenvalue weighted by atomic mass is 10.1. The van der Waals surface area contributed by atoms with Gasteiger partial charge >= 0.3 is 0 Å². The number of piperazine rings is 1. The first-order valence-corrected chi connectivity index (χ1v) is 12.6. The lowest BCUT2D eigenvalue weighted by molar-refractivity contribution is 0.209. The highest BCUT2D eigenvalue weighted by molar-refractivity contribution is 7.17. The molecule has 5 aromatic rings. The van der Waals surface area contributed by atoms with Crippen LogP contribution in [0.1, 0.15) is 13.8 Å². The predicted molar refractivity (Wildman–Crippen MR) is 140 cm³/mol. The van der Waals surface area contributed by atoms with E-state index < -0.39 is 0 Å². The zero-order chi connectivity index (χ0) is 23.1. The normalized spacial score (nSPS) is 15.0. The Labute approximate surface area is 202 Å². The topological polar surface area (TPSA) is 61.6 Å². The molecule has 0 unspecified atom stereocenters. The molecule has 0 bridgehead atoms. The Morgan fingerprint density at radius 1 is 0.941 bits per heavy atom. The Bertz CT molecular complexity index is 1430. The van der Waals surface area contributed by atoms with E-state index in [9.17, 15) is 0 Å². The highest BCUT2D eigenvalue weighted by Gasteiger charge is 2.19. The molecule has 7 nitrogen and oxygen atoms in total. The predicted octanol–water partition coefficient (Wildman–Crippen LogP) is 5.28. The summed E-state index contributed by atoms with van der Waals surface area (Å²) < 4.78 is 3.12. The van der Waals surface area contributed by atoms with Gasteiger partial charge in [0.15, 0.2) is 11.5 Å². The maximum atomic E-state index is 4.73. The molecule has 4 heterocycles. The fraction of sp³-hybridized carbons (Fsp3) is 0.269. The molecular formula is C26H27N7S. The smallest absolute Gasteiger partial charge is 0.199 e. The molecule has 34 heavy (non-hydrogen) atoms. The summed E-state index contributed by atoms with van der Waals surface area (Å²) in [5.74, 6) is 0.694. The third-order valence-electron chi connectivity index (χ3n) is 6.60. The largest absolute Gasteiger partial charge is 0.369 e. The van der Waals surface area contributed by atoms with Gasteiger partial charge in [0.2, 0.25) is 0 Å². The van der Waals surface area contributed by atoms with Crippen molar-refractivity contribution in [1.82, 2.24) is 24.5 Å². The number of nitrogens with one attached hydrogen (secondary N) is 1. The number of anilines is 3. The van der Waals surface area contributed by atoms with E-state index in [4.69, 9.17) is 4.98 Å². The molecular weight excluding hydrogens is 442 g/mol. The molecule has 0 aliphatic carbocycles. The average Bonchev–Trinajstić information content (AvgIpc) is 3.53. The number of thiophene rings is 1. The molecule has 2 aromatic carbocycles. The van der Waals surface area contributed by atoms with Crippen LogP contribution in [0.15, 0.2) is 66.4 Å². The minimum Gasteiger partial charge on any atom is -0.369 e. The van der Waals surface area contributed by atoms with Crippen LogP contribution in [0.25, 0.3) is 27.0 Å². The van der Waals surface area contributed by atoms with Gasteiger partial charge in [0, 0.05) is 64.6 Å². The standard InChI is InChI=1S/C26H27N7S/c1-18(2)31-11-13-32(14-12-31)20-9-7-19(8-10-20)30-25-26-28-17-29-33(26)23(15-27-25)22-16-34-24-6-4-3-5-21(22)24/h3-10,15-18H,11-14H2,1-2H3,(H,27,30). The van der Waals surface area contributed by atoms with E-state index in [1.807, 2.05) is 10.7 Å². The molecule has 6 rings (SSSR count). The molecule has 1 aliphatic heterocycles. The van der Waals surface area contributed by atoms with E-state index in [2.05, 4.69) is 93.0 Å². The van der Waals surface area contributed by atoms with Crippen LogP contribution in [0.3, 0.4) is 0 Å². The molecule has 0 saturated carbocycles. The monoisotopic (exact) mass is 469 g/mol. The van der Waals surface area contributed by atoms with Crippen molar-refractivity contribution >= 4 is 44.3 Å². The summed E-state index contributed by atoms with van der Waals surface area (Å²) in [6, 6.07) is 17.6. The van der Waals surface area contributed by atoms with Crippen molar-refractivity contribution in [2.75, 3.05) is 36.4 Å². The van der Waals surface area contributed by atoms with E-state index in [0.29, 0.717) is 17.5 Å². The highest BCUT2D eigenvalue weighted by atomic mass is 32.1. The van der Waals surface area contributed by atoms with E-state index in [1.54, 1.807) is 17.7 Å². The van der Waals surface area contributed by atoms with Gasteiger partial charge in [-0.15, -0.1) is 11.3 Å². The van der Waals surface area contributed by atoms with Gasteiger partial charge in [0.05, 0.1) is 11.9 Å². The van der Waals surface area contributed by atoms with Crippen molar-refractivity contribution in [3.8, 4) is 11.3 Å². The quantitative estimate of drug-likeness (QED) is 0.378. The van der Waals surface area contributed by atoms with Crippen LogP contribution in [-0.2, 0) is 0 Å². The van der Waals surface area contributed by atoms with Crippen LogP contribution < -0.4 is 10.2 Å². The van der Waals surface area contributed by atoms with Crippen LogP contribution >= 0.6 is 11.3 Å². The van der Waals surface area contributed by atoms with Gasteiger partial charge in [-0.05, 0) is 44.2 Å². The summed E-state index contributed by atoms with van der Waals surface area (Å²) in [5, 5.41) is 11.3. The first-order chi connectivity index (χ1) is 16.7. The van der Waals surface area contributed by atoms with Gasteiger partial charge in [-0.25, -0.2) is 14.5 Å². The number of hydrogen-bond acceptors (Lipinski definition) is 7. The van der Waals surface area contributed by atoms with Crippen molar-refractivity contribution < 1.29 is 0 Å². The summed E-state index contributed by atoms with van der Waals surface area (Å²) >= 11 is 1.73. The third kappa shape index (κ3) is 3.78. The van der Waals surface area contributed by atoms with Gasteiger partial charge < -0.3 is 10.2 Å². The molecule has 1 saturated heterocycles. The Hall–Kier alpha value is -3.49. The van der Waals surface area contributed by atoms with Crippen LogP contribution in [0.4, 0.5) is 17.2 Å². The molecule has 1 aliphatic rings. The zero-order valence-electron chi connectivity index (χ0n) is 19.3. The zero-order valence-corrected chi connectivity index (χ0v) is 20.2. The maximum Gasteiger partial charge on any atom is 0.199 e. The van der Waals surface area contributed by atoms with E-state index in [-0.39, 0.29) is 0 Å². The Morgan fingerprint density at radius 2 is 1.74 bits per heavy atom. The van der Waals surface area contributed by atoms with E-state index in [0.717, 1.165) is 43.1 Å². The number of aromatic nitrogens is 4. The van der Waals surface area contributed by atoms with Crippen LogP contribution in [0.5, 0.6) is 0 Å². The first kappa shape index (κ1) is 21.1. The van der Waals surface area contributed by atoms with Gasteiger partial charge in [-0.1, -0.05) is 18.2 Å². The van der Waals surface area contributed by atoms with Crippen LogP contribution in [0, 0.1) is 0 Å². The molecule has 0 radical (unpaired) electrons. The molecule has 0 atom stereocenters. The summed E-state index contributed by atoms with van der Waals surface area (Å²) in [5.41, 5.74) is 5.01. The van der Waals surface area contributed by atoms with Crippen LogP contribution in [0.2, 0.25) is 0 Å². The molecule has 3 aromatic heterocycles. The fourth-order valence-corrected chi connectivity index (χ4v) is 5.61. The van der Waals surface area contributed by atoms with Gasteiger partial charge in [0.1, 0.15) is 6.33 Å². The molecule has 0 spiro atoms. The van der Waals surface area contributed by atoms with E-state index >= 15 is 0 Å². The van der Waals surface area contributed by atoms with Crippen molar-refractivity contribution in [1.29, 1.82) is 0 Å². The molecule has 1 N–H and O–H groups in total. The molecule has 172 valence electrons. The van der Waals surface area contributed by atoms with E-state index in [1.165, 1.54) is 15.8 Å². The summed E-state index contributed by atoms with van der Waals surface area (Å²) in [6.45, 7) is 8.88. The maximum absolute atomic E-state index is 4.73. The summed E-state index contributed by atoms with van der Waals surface area (Å²) in [4.78, 5) is 14.2. The third-order valence-corrected chi connectivity index (χ3v) is 7.56. The number of nitrogens with zero attached hydrogens (tertiary/aromatic N) is 6. The van der Waals surface area contributed by atoms with Crippen molar-refractivity contribution in [2.45, 2.75) is 19.9 Å². The summed E-state index contributed by atoms with van der Waals surface area (Å²) in [7, 11) is 0. The molecule has 8 heteroatoms. The van der Waals surface area contributed by atoms with Gasteiger partial charge in [0.25, 0.3) is 0 Å². The Kier molecular flexibility index (Phi) is 5.39. The number of benzene rings is 2. The fourth-order valence-electron chi connectivity index (χ4n) is 4.65. The Morgan fingerprint density at radius 3 is 2.53 bits per heavy atom. The second kappa shape index (κ2) is 8.70. The van der Waals surface area contributed by atoms with Crippen molar-refractivity contribution in [3.63, 3.8) is 0 Å². The number of rotatable bonds is 5. The first-order valence-electron chi connectivity index (χ1n) is 11.7. The molecule has 0 amide bonds. The SMILES string of the molecule is CC(C)N1CCN(c2ccc(Nc3ncc(-c4csc5ccccc45)n4ncnc34)cc2)CC1. The molecule has 1 fully saturated rings. The second-order valence-electron chi connectivity index (χ2n) is 8.92. The minimum atomic E-state index is 0.611. The van der Waals surface area contributed by atoms with Crippen molar-refractivity contribution in [3.05, 3.63) is 66.4 Å².